The number of benzene rings is 1. The van der Waals surface area contributed by atoms with Crippen LogP contribution in [0.1, 0.15) is 41.3 Å². The molecule has 0 saturated heterocycles. The summed E-state index contributed by atoms with van der Waals surface area (Å²) in [6, 6.07) is 3.86. The fourth-order valence-electron chi connectivity index (χ4n) is 1.67. The van der Waals surface area contributed by atoms with Gasteiger partial charge in [-0.1, -0.05) is 0 Å². The molecule has 1 aromatic carbocycles. The zero-order chi connectivity index (χ0) is 13.0. The Kier molecular flexibility index (Phi) is 4.70. The van der Waals surface area contributed by atoms with Crippen molar-refractivity contribution in [2.45, 2.75) is 39.7 Å². The minimum atomic E-state index is 0.0523. The maximum atomic E-state index is 12.1. The maximum Gasteiger partial charge on any atom is 0.166 e. The Morgan fingerprint density at radius 2 is 1.94 bits per heavy atom. The summed E-state index contributed by atoms with van der Waals surface area (Å²) in [6.07, 6.45) is 1.17. The Morgan fingerprint density at radius 1 is 1.35 bits per heavy atom. The van der Waals surface area contributed by atoms with E-state index in [0.29, 0.717) is 24.2 Å². The third-order valence-electron chi connectivity index (χ3n) is 2.94. The van der Waals surface area contributed by atoms with Crippen molar-refractivity contribution in [3.63, 3.8) is 0 Å². The first-order valence-electron chi connectivity index (χ1n) is 5.89. The van der Waals surface area contributed by atoms with Crippen molar-refractivity contribution in [2.24, 2.45) is 5.73 Å². The van der Waals surface area contributed by atoms with Crippen molar-refractivity contribution < 1.29 is 9.53 Å². The lowest BCUT2D eigenvalue weighted by atomic mass is 9.99. The molecule has 0 spiro atoms. The molecule has 0 aliphatic carbocycles. The molecule has 0 bridgehead atoms. The lowest BCUT2D eigenvalue weighted by Gasteiger charge is -2.11. The van der Waals surface area contributed by atoms with Gasteiger partial charge in [-0.3, -0.25) is 4.79 Å². The van der Waals surface area contributed by atoms with Crippen molar-refractivity contribution >= 4 is 5.78 Å². The summed E-state index contributed by atoms with van der Waals surface area (Å²) < 4.78 is 5.26. The highest BCUT2D eigenvalue weighted by atomic mass is 16.5. The normalized spacial score (nSPS) is 12.3. The Balaban J connectivity index is 2.96. The van der Waals surface area contributed by atoms with Crippen molar-refractivity contribution in [3.05, 3.63) is 28.8 Å². The van der Waals surface area contributed by atoms with E-state index in [1.165, 1.54) is 0 Å². The highest BCUT2D eigenvalue weighted by Gasteiger charge is 2.14. The average Bonchev–Trinajstić information content (AvgIpc) is 2.28. The van der Waals surface area contributed by atoms with Gasteiger partial charge in [-0.2, -0.15) is 0 Å². The first-order chi connectivity index (χ1) is 7.95. The molecule has 1 aromatic rings. The Labute approximate surface area is 103 Å². The maximum absolute atomic E-state index is 12.1. The van der Waals surface area contributed by atoms with Gasteiger partial charge in [0.2, 0.25) is 0 Å². The number of Topliss-reactive ketones (excluding diaryl/α,β-unsaturated/α-hetero) is 1. The van der Waals surface area contributed by atoms with E-state index in [2.05, 4.69) is 0 Å². The van der Waals surface area contributed by atoms with Crippen molar-refractivity contribution in [3.8, 4) is 5.75 Å². The van der Waals surface area contributed by atoms with Gasteiger partial charge in [-0.25, -0.2) is 0 Å². The SMILES string of the molecule is COc1cc(C)c(C)cc1C(=O)CCC(C)N. The van der Waals surface area contributed by atoms with Crippen LogP contribution in [-0.2, 0) is 0 Å². The molecule has 0 amide bonds. The van der Waals surface area contributed by atoms with Crippen LogP contribution in [0.4, 0.5) is 0 Å². The predicted octanol–water partition coefficient (Wildman–Crippen LogP) is 2.62. The summed E-state index contributed by atoms with van der Waals surface area (Å²) in [5.74, 6) is 0.755. The van der Waals surface area contributed by atoms with Crippen LogP contribution in [-0.4, -0.2) is 18.9 Å². The van der Waals surface area contributed by atoms with Crippen LogP contribution in [0.2, 0.25) is 0 Å². The highest BCUT2D eigenvalue weighted by Crippen LogP contribution is 2.24. The molecule has 0 aliphatic heterocycles. The molecule has 3 heteroatoms. The number of rotatable bonds is 5. The number of carbonyl (C=O) groups excluding carboxylic acids is 1. The molecular weight excluding hydrogens is 214 g/mol. The fraction of sp³-hybridized carbons (Fsp3) is 0.500. The monoisotopic (exact) mass is 235 g/mol. The molecule has 0 radical (unpaired) electrons. The summed E-state index contributed by atoms with van der Waals surface area (Å²) in [4.78, 5) is 12.1. The summed E-state index contributed by atoms with van der Waals surface area (Å²) in [5, 5.41) is 0. The second-order valence-electron chi connectivity index (χ2n) is 4.58. The number of hydrogen-bond donors (Lipinski definition) is 1. The number of aryl methyl sites for hydroxylation is 2. The third-order valence-corrected chi connectivity index (χ3v) is 2.94. The van der Waals surface area contributed by atoms with Crippen LogP contribution in [0.5, 0.6) is 5.75 Å². The van der Waals surface area contributed by atoms with E-state index in [9.17, 15) is 4.79 Å². The van der Waals surface area contributed by atoms with Crippen LogP contribution in [0.15, 0.2) is 12.1 Å². The van der Waals surface area contributed by atoms with E-state index >= 15 is 0 Å². The van der Waals surface area contributed by atoms with E-state index in [1.807, 2.05) is 32.9 Å². The first kappa shape index (κ1) is 13.7. The van der Waals surface area contributed by atoms with Crippen LogP contribution in [0, 0.1) is 13.8 Å². The molecule has 1 rings (SSSR count). The van der Waals surface area contributed by atoms with Crippen LogP contribution >= 0.6 is 0 Å². The second-order valence-corrected chi connectivity index (χ2v) is 4.58. The Hall–Kier alpha value is -1.35. The van der Waals surface area contributed by atoms with Gasteiger partial charge in [0.25, 0.3) is 0 Å². The van der Waals surface area contributed by atoms with Gasteiger partial charge >= 0.3 is 0 Å². The number of ketones is 1. The van der Waals surface area contributed by atoms with Crippen molar-refractivity contribution in [2.75, 3.05) is 7.11 Å². The summed E-state index contributed by atoms with van der Waals surface area (Å²) >= 11 is 0. The summed E-state index contributed by atoms with van der Waals surface area (Å²) in [6.45, 7) is 5.91. The number of nitrogens with two attached hydrogens (primary N) is 1. The fourth-order valence-corrected chi connectivity index (χ4v) is 1.67. The van der Waals surface area contributed by atoms with Gasteiger partial charge in [-0.15, -0.1) is 0 Å². The number of ether oxygens (including phenoxy) is 1. The van der Waals surface area contributed by atoms with Crippen LogP contribution in [0.25, 0.3) is 0 Å². The molecule has 0 heterocycles. The molecule has 0 aliphatic rings. The summed E-state index contributed by atoms with van der Waals surface area (Å²) in [7, 11) is 1.59. The largest absolute Gasteiger partial charge is 0.496 e. The first-order valence-corrected chi connectivity index (χ1v) is 5.89. The van der Waals surface area contributed by atoms with Gasteiger partial charge in [0.1, 0.15) is 5.75 Å². The molecule has 1 unspecified atom stereocenters. The molecule has 0 aromatic heterocycles. The molecule has 0 fully saturated rings. The summed E-state index contributed by atoms with van der Waals surface area (Å²) in [5.41, 5.74) is 8.56. The number of hydrogen-bond acceptors (Lipinski definition) is 3. The average molecular weight is 235 g/mol. The van der Waals surface area contributed by atoms with E-state index in [-0.39, 0.29) is 11.8 Å². The van der Waals surface area contributed by atoms with Crippen LogP contribution in [0.3, 0.4) is 0 Å². The molecule has 94 valence electrons. The molecule has 0 saturated carbocycles. The van der Waals surface area contributed by atoms with Crippen molar-refractivity contribution in [1.29, 1.82) is 0 Å². The van der Waals surface area contributed by atoms with E-state index < -0.39 is 0 Å². The zero-order valence-corrected chi connectivity index (χ0v) is 11.0. The minimum absolute atomic E-state index is 0.0523. The number of methoxy groups -OCH3 is 1. The van der Waals surface area contributed by atoms with E-state index in [0.717, 1.165) is 11.1 Å². The lowest BCUT2D eigenvalue weighted by Crippen LogP contribution is -2.16. The molecule has 3 nitrogen and oxygen atoms in total. The minimum Gasteiger partial charge on any atom is -0.496 e. The number of carbonyl (C=O) groups is 1. The third kappa shape index (κ3) is 3.56. The van der Waals surface area contributed by atoms with E-state index in [1.54, 1.807) is 7.11 Å². The topological polar surface area (TPSA) is 52.3 Å². The highest BCUT2D eigenvalue weighted by molar-refractivity contribution is 5.99. The van der Waals surface area contributed by atoms with Gasteiger partial charge in [-0.05, 0) is 50.5 Å². The molecular formula is C14H21NO2. The Morgan fingerprint density at radius 3 is 2.47 bits per heavy atom. The van der Waals surface area contributed by atoms with Crippen LogP contribution < -0.4 is 10.5 Å². The Bertz CT molecular complexity index is 411. The quantitative estimate of drug-likeness (QED) is 0.798. The zero-order valence-electron chi connectivity index (χ0n) is 11.0. The second kappa shape index (κ2) is 5.82. The molecule has 17 heavy (non-hydrogen) atoms. The van der Waals surface area contributed by atoms with Gasteiger partial charge in [0.05, 0.1) is 12.7 Å². The predicted molar refractivity (Wildman–Crippen MR) is 69.7 cm³/mol. The van der Waals surface area contributed by atoms with Gasteiger partial charge in [0.15, 0.2) is 5.78 Å². The molecule has 2 N–H and O–H groups in total. The lowest BCUT2D eigenvalue weighted by molar-refractivity contribution is 0.0975. The van der Waals surface area contributed by atoms with Gasteiger partial charge < -0.3 is 10.5 Å². The van der Waals surface area contributed by atoms with Gasteiger partial charge in [0, 0.05) is 12.5 Å². The standard InChI is InChI=1S/C14H21NO2/c1-9-7-12(13(16)6-5-11(3)15)14(17-4)8-10(9)2/h7-8,11H,5-6,15H2,1-4H3. The van der Waals surface area contributed by atoms with E-state index in [4.69, 9.17) is 10.5 Å². The molecule has 1 atom stereocenters. The van der Waals surface area contributed by atoms with Crippen molar-refractivity contribution in [1.82, 2.24) is 0 Å². The smallest absolute Gasteiger partial charge is 0.166 e.